The van der Waals surface area contributed by atoms with Gasteiger partial charge in [-0.2, -0.15) is 0 Å². The van der Waals surface area contributed by atoms with Crippen LogP contribution in [0.4, 0.5) is 0 Å². The predicted molar refractivity (Wildman–Crippen MR) is 68.2 cm³/mol. The van der Waals surface area contributed by atoms with Crippen molar-refractivity contribution in [2.24, 2.45) is 0 Å². The van der Waals surface area contributed by atoms with Gasteiger partial charge in [-0.15, -0.1) is 0 Å². The van der Waals surface area contributed by atoms with Crippen molar-refractivity contribution in [2.45, 2.75) is 6.42 Å². The van der Waals surface area contributed by atoms with E-state index in [2.05, 4.69) is 20.8 Å². The number of ether oxygens (including phenoxy) is 1. The summed E-state index contributed by atoms with van der Waals surface area (Å²) in [6.07, 6.45) is 1.79. The fourth-order valence-electron chi connectivity index (χ4n) is 1.27. The number of halogens is 1. The summed E-state index contributed by atoms with van der Waals surface area (Å²) in [4.78, 5) is 12.8. The van der Waals surface area contributed by atoms with Gasteiger partial charge in [-0.1, -0.05) is 15.9 Å². The average Bonchev–Trinajstić information content (AvgIpc) is 2.26. The quantitative estimate of drug-likeness (QED) is 0.594. The zero-order chi connectivity index (χ0) is 12.0. The highest BCUT2D eigenvalue weighted by Gasteiger charge is 2.01. The van der Waals surface area contributed by atoms with E-state index in [-0.39, 0.29) is 0 Å². The van der Waals surface area contributed by atoms with Crippen LogP contribution in [-0.2, 0) is 0 Å². The number of aldehydes is 1. The number of benzene rings is 1. The lowest BCUT2D eigenvalue weighted by atomic mass is 10.2. The zero-order valence-corrected chi connectivity index (χ0v) is 11.2. The molecule has 1 aromatic carbocycles. The molecule has 88 valence electrons. The number of carbonyl (C=O) groups is 1. The lowest BCUT2D eigenvalue weighted by Gasteiger charge is -2.10. The summed E-state index contributed by atoms with van der Waals surface area (Å²) in [6.45, 7) is 1.66. The van der Waals surface area contributed by atoms with Gasteiger partial charge in [0.2, 0.25) is 0 Å². The maximum absolute atomic E-state index is 10.7. The summed E-state index contributed by atoms with van der Waals surface area (Å²) in [5.74, 6) is 0.740. The molecular formula is C12H16BrNO2. The maximum atomic E-state index is 10.7. The van der Waals surface area contributed by atoms with Crippen LogP contribution in [0, 0.1) is 0 Å². The summed E-state index contributed by atoms with van der Waals surface area (Å²) in [7, 11) is 4.06. The van der Waals surface area contributed by atoms with Crippen LogP contribution >= 0.6 is 15.9 Å². The molecule has 0 amide bonds. The second kappa shape index (κ2) is 6.66. The summed E-state index contributed by atoms with van der Waals surface area (Å²) in [5.41, 5.74) is 0.616. The van der Waals surface area contributed by atoms with Gasteiger partial charge in [0.25, 0.3) is 0 Å². The molecule has 0 saturated heterocycles. The van der Waals surface area contributed by atoms with Gasteiger partial charge in [0, 0.05) is 16.6 Å². The molecule has 4 heteroatoms. The standard InChI is InChI=1S/C12H16BrNO2/c1-14(2)6-3-7-16-11-4-5-12(13)10(8-11)9-15/h4-5,8-9H,3,6-7H2,1-2H3. The lowest BCUT2D eigenvalue weighted by molar-refractivity contribution is 0.112. The molecule has 0 aliphatic carbocycles. The van der Waals surface area contributed by atoms with Crippen molar-refractivity contribution in [1.82, 2.24) is 4.90 Å². The van der Waals surface area contributed by atoms with Gasteiger partial charge < -0.3 is 9.64 Å². The normalized spacial score (nSPS) is 10.5. The van der Waals surface area contributed by atoms with Crippen LogP contribution < -0.4 is 4.74 Å². The maximum Gasteiger partial charge on any atom is 0.151 e. The molecule has 1 rings (SSSR count). The summed E-state index contributed by atoms with van der Waals surface area (Å²) >= 11 is 3.30. The van der Waals surface area contributed by atoms with Crippen LogP contribution in [0.2, 0.25) is 0 Å². The van der Waals surface area contributed by atoms with E-state index in [0.29, 0.717) is 12.2 Å². The molecule has 0 radical (unpaired) electrons. The Morgan fingerprint density at radius 3 is 2.81 bits per heavy atom. The van der Waals surface area contributed by atoms with Crippen molar-refractivity contribution in [3.05, 3.63) is 28.2 Å². The van der Waals surface area contributed by atoms with E-state index in [1.165, 1.54) is 0 Å². The Kier molecular flexibility index (Phi) is 5.49. The predicted octanol–water partition coefficient (Wildman–Crippen LogP) is 2.59. The van der Waals surface area contributed by atoms with Crippen LogP contribution in [0.5, 0.6) is 5.75 Å². The molecule has 16 heavy (non-hydrogen) atoms. The van der Waals surface area contributed by atoms with Gasteiger partial charge >= 0.3 is 0 Å². The van der Waals surface area contributed by atoms with E-state index in [1.807, 2.05) is 26.2 Å². The lowest BCUT2D eigenvalue weighted by Crippen LogP contribution is -2.15. The molecule has 0 heterocycles. The fourth-order valence-corrected chi connectivity index (χ4v) is 1.61. The minimum absolute atomic E-state index is 0.616. The number of hydrogen-bond acceptors (Lipinski definition) is 3. The minimum atomic E-state index is 0.616. The highest BCUT2D eigenvalue weighted by atomic mass is 79.9. The third kappa shape index (κ3) is 4.33. The van der Waals surface area contributed by atoms with Crippen molar-refractivity contribution in [2.75, 3.05) is 27.2 Å². The number of carbonyl (C=O) groups excluding carboxylic acids is 1. The largest absolute Gasteiger partial charge is 0.494 e. The SMILES string of the molecule is CN(C)CCCOc1ccc(Br)c(C=O)c1. The van der Waals surface area contributed by atoms with E-state index < -0.39 is 0 Å². The second-order valence-corrected chi connectivity index (χ2v) is 4.66. The van der Waals surface area contributed by atoms with E-state index >= 15 is 0 Å². The Labute approximate surface area is 105 Å². The second-order valence-electron chi connectivity index (χ2n) is 3.81. The Morgan fingerprint density at radius 1 is 1.44 bits per heavy atom. The van der Waals surface area contributed by atoms with Gasteiger partial charge in [0.15, 0.2) is 6.29 Å². The summed E-state index contributed by atoms with van der Waals surface area (Å²) in [5, 5.41) is 0. The smallest absolute Gasteiger partial charge is 0.151 e. The molecule has 1 aromatic rings. The van der Waals surface area contributed by atoms with Crippen LogP contribution in [0.3, 0.4) is 0 Å². The first-order valence-electron chi connectivity index (χ1n) is 5.15. The first kappa shape index (κ1) is 13.2. The molecule has 0 atom stereocenters. The van der Waals surface area contributed by atoms with E-state index in [0.717, 1.165) is 29.5 Å². The molecule has 0 saturated carbocycles. The van der Waals surface area contributed by atoms with Crippen molar-refractivity contribution < 1.29 is 9.53 Å². The Balaban J connectivity index is 2.45. The Hall–Kier alpha value is -0.870. The molecule has 0 N–H and O–H groups in total. The molecule has 0 aliphatic rings. The third-order valence-corrected chi connectivity index (χ3v) is 2.83. The van der Waals surface area contributed by atoms with Gasteiger partial charge in [-0.05, 0) is 38.7 Å². The molecule has 0 aromatic heterocycles. The third-order valence-electron chi connectivity index (χ3n) is 2.11. The van der Waals surface area contributed by atoms with Gasteiger partial charge in [-0.25, -0.2) is 0 Å². The van der Waals surface area contributed by atoms with Crippen molar-refractivity contribution in [3.8, 4) is 5.75 Å². The van der Waals surface area contributed by atoms with Crippen molar-refractivity contribution in [1.29, 1.82) is 0 Å². The highest BCUT2D eigenvalue weighted by Crippen LogP contribution is 2.21. The Morgan fingerprint density at radius 2 is 2.19 bits per heavy atom. The van der Waals surface area contributed by atoms with Crippen LogP contribution in [-0.4, -0.2) is 38.4 Å². The fraction of sp³-hybridized carbons (Fsp3) is 0.417. The minimum Gasteiger partial charge on any atom is -0.494 e. The molecule has 0 spiro atoms. The molecule has 0 fully saturated rings. The van der Waals surface area contributed by atoms with Gasteiger partial charge in [-0.3, -0.25) is 4.79 Å². The number of nitrogens with zero attached hydrogens (tertiary/aromatic N) is 1. The van der Waals surface area contributed by atoms with Crippen molar-refractivity contribution >= 4 is 22.2 Å². The highest BCUT2D eigenvalue weighted by molar-refractivity contribution is 9.10. The van der Waals surface area contributed by atoms with Crippen LogP contribution in [0.15, 0.2) is 22.7 Å². The van der Waals surface area contributed by atoms with Gasteiger partial charge in [0.1, 0.15) is 5.75 Å². The van der Waals surface area contributed by atoms with E-state index in [4.69, 9.17) is 4.74 Å². The Bertz CT molecular complexity index is 353. The molecule has 0 unspecified atom stereocenters. The molecular weight excluding hydrogens is 270 g/mol. The van der Waals surface area contributed by atoms with Crippen LogP contribution in [0.25, 0.3) is 0 Å². The number of hydrogen-bond donors (Lipinski definition) is 0. The van der Waals surface area contributed by atoms with Gasteiger partial charge in [0.05, 0.1) is 6.61 Å². The van der Waals surface area contributed by atoms with E-state index in [1.54, 1.807) is 6.07 Å². The molecule has 0 aliphatic heterocycles. The van der Waals surface area contributed by atoms with E-state index in [9.17, 15) is 4.79 Å². The zero-order valence-electron chi connectivity index (χ0n) is 9.57. The van der Waals surface area contributed by atoms with Crippen LogP contribution in [0.1, 0.15) is 16.8 Å². The van der Waals surface area contributed by atoms with Crippen molar-refractivity contribution in [3.63, 3.8) is 0 Å². The molecule has 3 nitrogen and oxygen atoms in total. The molecule has 0 bridgehead atoms. The average molecular weight is 286 g/mol. The monoisotopic (exact) mass is 285 g/mol. The first-order chi connectivity index (χ1) is 7.63. The summed E-state index contributed by atoms with van der Waals surface area (Å²) < 4.78 is 6.34. The first-order valence-corrected chi connectivity index (χ1v) is 5.95. The topological polar surface area (TPSA) is 29.5 Å². The summed E-state index contributed by atoms with van der Waals surface area (Å²) in [6, 6.07) is 5.42. The number of rotatable bonds is 6.